The molecule has 2 rings (SSSR count). The summed E-state index contributed by atoms with van der Waals surface area (Å²) in [7, 11) is 0. The molecule has 1 amide bonds. The number of aromatic nitrogens is 2. The van der Waals surface area contributed by atoms with Crippen molar-refractivity contribution in [2.24, 2.45) is 0 Å². The third kappa shape index (κ3) is 1.78. The van der Waals surface area contributed by atoms with E-state index in [9.17, 15) is 4.79 Å². The van der Waals surface area contributed by atoms with Crippen LogP contribution in [0.4, 0.5) is 11.7 Å². The molecule has 0 fully saturated rings. The summed E-state index contributed by atoms with van der Waals surface area (Å²) in [6.07, 6.45) is 0.582. The van der Waals surface area contributed by atoms with Gasteiger partial charge >= 0.3 is 6.01 Å². The molecule has 1 aromatic carbocycles. The summed E-state index contributed by atoms with van der Waals surface area (Å²) in [6.45, 7) is 0. The van der Waals surface area contributed by atoms with Crippen LogP contribution in [0.15, 0.2) is 28.7 Å². The fraction of sp³-hybridized carbons (Fsp3) is 0. The number of nitrogen functional groups attached to an aromatic ring is 1. The molecule has 0 aliphatic heterocycles. The van der Waals surface area contributed by atoms with E-state index < -0.39 is 0 Å². The number of amides is 1. The van der Waals surface area contributed by atoms with Crippen LogP contribution in [-0.2, 0) is 4.79 Å². The Morgan fingerprint density at radius 1 is 1.33 bits per heavy atom. The lowest BCUT2D eigenvalue weighted by atomic mass is 10.2. The monoisotopic (exact) mass is 204 g/mol. The Morgan fingerprint density at radius 3 is 2.80 bits per heavy atom. The topological polar surface area (TPSA) is 94.0 Å². The van der Waals surface area contributed by atoms with Crippen LogP contribution in [0.5, 0.6) is 0 Å². The fourth-order valence-electron chi connectivity index (χ4n) is 1.20. The summed E-state index contributed by atoms with van der Waals surface area (Å²) in [5, 5.41) is 9.81. The maximum absolute atomic E-state index is 10.4. The van der Waals surface area contributed by atoms with Crippen molar-refractivity contribution in [3.63, 3.8) is 0 Å². The van der Waals surface area contributed by atoms with Crippen LogP contribution in [-0.4, -0.2) is 16.6 Å². The first kappa shape index (κ1) is 9.20. The van der Waals surface area contributed by atoms with Crippen LogP contribution >= 0.6 is 0 Å². The fourth-order valence-corrected chi connectivity index (χ4v) is 1.20. The van der Waals surface area contributed by atoms with E-state index in [0.29, 0.717) is 17.7 Å². The molecule has 0 bridgehead atoms. The maximum atomic E-state index is 10.4. The molecule has 6 nitrogen and oxygen atoms in total. The van der Waals surface area contributed by atoms with Crippen molar-refractivity contribution < 1.29 is 9.21 Å². The number of carbonyl (C=O) groups excluding carboxylic acids is 1. The van der Waals surface area contributed by atoms with Gasteiger partial charge in [0.25, 0.3) is 5.89 Å². The van der Waals surface area contributed by atoms with E-state index in [0.717, 1.165) is 0 Å². The van der Waals surface area contributed by atoms with Crippen molar-refractivity contribution in [2.75, 3.05) is 11.1 Å². The van der Waals surface area contributed by atoms with Crippen molar-refractivity contribution in [2.45, 2.75) is 0 Å². The van der Waals surface area contributed by atoms with E-state index >= 15 is 0 Å². The number of nitrogens with one attached hydrogen (secondary N) is 1. The van der Waals surface area contributed by atoms with E-state index in [1.54, 1.807) is 24.3 Å². The molecule has 6 heteroatoms. The lowest BCUT2D eigenvalue weighted by molar-refractivity contribution is -0.105. The Balaban J connectivity index is 2.47. The van der Waals surface area contributed by atoms with E-state index in [1.165, 1.54) is 0 Å². The second kappa shape index (κ2) is 3.79. The minimum absolute atomic E-state index is 0.00842. The zero-order valence-electron chi connectivity index (χ0n) is 7.68. The highest BCUT2D eigenvalue weighted by molar-refractivity contribution is 5.82. The van der Waals surface area contributed by atoms with Gasteiger partial charge in [-0.15, -0.1) is 5.10 Å². The summed E-state index contributed by atoms with van der Waals surface area (Å²) >= 11 is 0. The standard InChI is InChI=1S/C9H8N4O2/c10-9-13-12-8(15-9)6-3-1-2-4-7(6)11-5-14/h1-5H,(H2,10,13)(H,11,14). The highest BCUT2D eigenvalue weighted by atomic mass is 16.4. The predicted octanol–water partition coefficient (Wildman–Crippen LogP) is 0.887. The minimum Gasteiger partial charge on any atom is -0.403 e. The highest BCUT2D eigenvalue weighted by Gasteiger charge is 2.10. The Morgan fingerprint density at radius 2 is 2.13 bits per heavy atom. The van der Waals surface area contributed by atoms with Gasteiger partial charge in [0.1, 0.15) is 0 Å². The van der Waals surface area contributed by atoms with Crippen LogP contribution in [0.1, 0.15) is 0 Å². The zero-order chi connectivity index (χ0) is 10.7. The number of nitrogens with zero attached hydrogens (tertiary/aromatic N) is 2. The molecule has 0 saturated carbocycles. The normalized spacial score (nSPS) is 9.87. The van der Waals surface area contributed by atoms with Crippen molar-refractivity contribution >= 4 is 18.1 Å². The summed E-state index contributed by atoms with van der Waals surface area (Å²) < 4.78 is 5.06. The number of hydrogen-bond donors (Lipinski definition) is 2. The largest absolute Gasteiger partial charge is 0.403 e. The van der Waals surface area contributed by atoms with Crippen molar-refractivity contribution in [3.05, 3.63) is 24.3 Å². The number of benzene rings is 1. The van der Waals surface area contributed by atoms with Gasteiger partial charge in [0, 0.05) is 0 Å². The predicted molar refractivity (Wildman–Crippen MR) is 53.8 cm³/mol. The van der Waals surface area contributed by atoms with Gasteiger partial charge in [-0.05, 0) is 12.1 Å². The van der Waals surface area contributed by atoms with Crippen molar-refractivity contribution in [1.82, 2.24) is 10.2 Å². The van der Waals surface area contributed by atoms with Crippen LogP contribution < -0.4 is 11.1 Å². The molecule has 1 heterocycles. The molecule has 0 aliphatic carbocycles. The first-order chi connectivity index (χ1) is 7.31. The number of carbonyl (C=O) groups is 1. The van der Waals surface area contributed by atoms with Gasteiger partial charge < -0.3 is 15.5 Å². The van der Waals surface area contributed by atoms with Crippen LogP contribution in [0.25, 0.3) is 11.5 Å². The number of nitrogens with two attached hydrogens (primary N) is 1. The number of rotatable bonds is 3. The molecule has 0 radical (unpaired) electrons. The molecule has 15 heavy (non-hydrogen) atoms. The second-order valence-corrected chi connectivity index (χ2v) is 2.75. The molecular weight excluding hydrogens is 196 g/mol. The summed E-state index contributed by atoms with van der Waals surface area (Å²) in [6, 6.07) is 7.05. The summed E-state index contributed by atoms with van der Waals surface area (Å²) in [5.74, 6) is 0.275. The molecule has 0 aliphatic rings. The third-order valence-electron chi connectivity index (χ3n) is 1.81. The number of para-hydroxylation sites is 1. The second-order valence-electron chi connectivity index (χ2n) is 2.75. The van der Waals surface area contributed by atoms with Crippen molar-refractivity contribution in [1.29, 1.82) is 0 Å². The van der Waals surface area contributed by atoms with Gasteiger partial charge in [-0.25, -0.2) is 0 Å². The number of hydrogen-bond acceptors (Lipinski definition) is 5. The van der Waals surface area contributed by atoms with E-state index in [1.807, 2.05) is 0 Å². The molecule has 0 atom stereocenters. The average molecular weight is 204 g/mol. The third-order valence-corrected chi connectivity index (χ3v) is 1.81. The Bertz CT molecular complexity index is 480. The van der Waals surface area contributed by atoms with E-state index in [-0.39, 0.29) is 11.9 Å². The summed E-state index contributed by atoms with van der Waals surface area (Å²) in [5.41, 5.74) is 6.54. The molecule has 76 valence electrons. The van der Waals surface area contributed by atoms with E-state index in [4.69, 9.17) is 10.2 Å². The molecule has 1 aromatic heterocycles. The van der Waals surface area contributed by atoms with Gasteiger partial charge in [-0.2, -0.15) is 0 Å². The Hall–Kier alpha value is -2.37. The van der Waals surface area contributed by atoms with Gasteiger partial charge in [-0.1, -0.05) is 17.2 Å². The molecule has 2 aromatic rings. The van der Waals surface area contributed by atoms with Gasteiger partial charge in [0.15, 0.2) is 0 Å². The molecule has 0 spiro atoms. The minimum atomic E-state index is -0.00842. The highest BCUT2D eigenvalue weighted by Crippen LogP contribution is 2.26. The van der Waals surface area contributed by atoms with Crippen LogP contribution in [0.2, 0.25) is 0 Å². The Labute approximate surface area is 85.1 Å². The molecule has 0 unspecified atom stereocenters. The lowest BCUT2D eigenvalue weighted by Crippen LogP contribution is -1.95. The number of anilines is 2. The zero-order valence-corrected chi connectivity index (χ0v) is 7.68. The van der Waals surface area contributed by atoms with Gasteiger partial charge in [-0.3, -0.25) is 4.79 Å². The smallest absolute Gasteiger partial charge is 0.313 e. The average Bonchev–Trinajstić information content (AvgIpc) is 2.66. The summed E-state index contributed by atoms with van der Waals surface area (Å²) in [4.78, 5) is 10.4. The first-order valence-electron chi connectivity index (χ1n) is 4.20. The van der Waals surface area contributed by atoms with Crippen LogP contribution in [0, 0.1) is 0 Å². The van der Waals surface area contributed by atoms with Gasteiger partial charge in [0.2, 0.25) is 6.41 Å². The molecule has 3 N–H and O–H groups in total. The van der Waals surface area contributed by atoms with Gasteiger partial charge in [0.05, 0.1) is 11.3 Å². The first-order valence-corrected chi connectivity index (χ1v) is 4.20. The molecular formula is C9H8N4O2. The van der Waals surface area contributed by atoms with Crippen molar-refractivity contribution in [3.8, 4) is 11.5 Å². The Kier molecular flexibility index (Phi) is 2.32. The lowest BCUT2D eigenvalue weighted by Gasteiger charge is -2.02. The van der Waals surface area contributed by atoms with E-state index in [2.05, 4.69) is 15.5 Å². The molecule has 0 saturated heterocycles. The van der Waals surface area contributed by atoms with Crippen LogP contribution in [0.3, 0.4) is 0 Å². The maximum Gasteiger partial charge on any atom is 0.313 e. The quantitative estimate of drug-likeness (QED) is 0.724. The SMILES string of the molecule is Nc1nnc(-c2ccccc2NC=O)o1.